The molecule has 1 unspecified atom stereocenters. The third-order valence-electron chi connectivity index (χ3n) is 3.02. The minimum atomic E-state index is -0.200. The fourth-order valence-electron chi connectivity index (χ4n) is 1.93. The van der Waals surface area contributed by atoms with Crippen molar-refractivity contribution < 1.29 is 4.79 Å². The minimum absolute atomic E-state index is 0.200. The summed E-state index contributed by atoms with van der Waals surface area (Å²) < 4.78 is 0. The van der Waals surface area contributed by atoms with Crippen LogP contribution in [0.1, 0.15) is 48.7 Å². The van der Waals surface area contributed by atoms with Gasteiger partial charge in [0, 0.05) is 24.2 Å². The van der Waals surface area contributed by atoms with Crippen molar-refractivity contribution in [1.82, 2.24) is 15.2 Å². The van der Waals surface area contributed by atoms with Gasteiger partial charge in [0.15, 0.2) is 5.82 Å². The van der Waals surface area contributed by atoms with Crippen molar-refractivity contribution in [3.8, 4) is 0 Å². The number of rotatable bonds is 5. The van der Waals surface area contributed by atoms with Gasteiger partial charge in [0.2, 0.25) is 0 Å². The summed E-state index contributed by atoms with van der Waals surface area (Å²) in [6, 6.07) is 5.33. The molecule has 19 heavy (non-hydrogen) atoms. The topological polar surface area (TPSA) is 70.7 Å². The fourth-order valence-corrected chi connectivity index (χ4v) is 1.93. The number of nitrogens with one attached hydrogen (secondary N) is 2. The molecule has 0 aliphatic rings. The average Bonchev–Trinajstić information content (AvgIpc) is 2.88. The van der Waals surface area contributed by atoms with Crippen molar-refractivity contribution in [1.29, 1.82) is 0 Å². The Balaban J connectivity index is 2.02. The molecule has 2 N–H and O–H groups in total. The van der Waals surface area contributed by atoms with E-state index in [1.807, 2.05) is 6.07 Å². The van der Waals surface area contributed by atoms with Crippen LogP contribution < -0.4 is 5.32 Å². The van der Waals surface area contributed by atoms with E-state index in [4.69, 9.17) is 0 Å². The summed E-state index contributed by atoms with van der Waals surface area (Å²) in [5, 5.41) is 9.83. The zero-order valence-electron chi connectivity index (χ0n) is 11.2. The second kappa shape index (κ2) is 6.13. The normalized spacial score (nSPS) is 12.1. The number of carbonyl (C=O) groups is 1. The molecule has 5 heteroatoms. The van der Waals surface area contributed by atoms with E-state index in [9.17, 15) is 4.79 Å². The Morgan fingerprint density at radius 1 is 1.53 bits per heavy atom. The number of aromatic amines is 1. The molecule has 2 rings (SSSR count). The molecule has 0 aliphatic carbocycles. The zero-order valence-corrected chi connectivity index (χ0v) is 11.2. The first-order valence-electron chi connectivity index (χ1n) is 6.47. The molecule has 0 saturated carbocycles. The average molecular weight is 258 g/mol. The fraction of sp³-hybridized carbons (Fsp3) is 0.357. The van der Waals surface area contributed by atoms with Crippen LogP contribution >= 0.6 is 0 Å². The smallest absolute Gasteiger partial charge is 0.258 e. The van der Waals surface area contributed by atoms with E-state index in [0.717, 1.165) is 18.5 Å². The Labute approximate surface area is 112 Å². The molecule has 0 radical (unpaired) electrons. The van der Waals surface area contributed by atoms with Crippen LogP contribution in [0.2, 0.25) is 0 Å². The molecule has 1 amide bonds. The highest BCUT2D eigenvalue weighted by Crippen LogP contribution is 2.20. The van der Waals surface area contributed by atoms with Gasteiger partial charge in [0.05, 0.1) is 5.56 Å². The third kappa shape index (κ3) is 3.40. The van der Waals surface area contributed by atoms with Gasteiger partial charge >= 0.3 is 0 Å². The number of hydrogen-bond acceptors (Lipinski definition) is 3. The monoisotopic (exact) mass is 258 g/mol. The highest BCUT2D eigenvalue weighted by Gasteiger charge is 2.11. The lowest BCUT2D eigenvalue weighted by atomic mass is 10.0. The second-order valence-electron chi connectivity index (χ2n) is 4.59. The van der Waals surface area contributed by atoms with Gasteiger partial charge in [-0.1, -0.05) is 20.3 Å². The summed E-state index contributed by atoms with van der Waals surface area (Å²) in [5.74, 6) is 0.766. The van der Waals surface area contributed by atoms with Crippen molar-refractivity contribution in [2.45, 2.75) is 32.6 Å². The summed E-state index contributed by atoms with van der Waals surface area (Å²) >= 11 is 0. The molecule has 0 saturated heterocycles. The molecule has 5 nitrogen and oxygen atoms in total. The summed E-state index contributed by atoms with van der Waals surface area (Å²) in [4.78, 5) is 15.8. The van der Waals surface area contributed by atoms with Crippen LogP contribution in [-0.4, -0.2) is 21.1 Å². The molecule has 2 heterocycles. The van der Waals surface area contributed by atoms with E-state index in [2.05, 4.69) is 34.3 Å². The van der Waals surface area contributed by atoms with Crippen molar-refractivity contribution in [2.24, 2.45) is 0 Å². The highest BCUT2D eigenvalue weighted by molar-refractivity contribution is 6.03. The van der Waals surface area contributed by atoms with E-state index in [1.165, 1.54) is 6.20 Å². The standard InChI is InChI=1S/C14H18N4O/c1-3-5-10(2)12-8-13(18-17-12)16-14(19)11-6-4-7-15-9-11/h4,6-10H,3,5H2,1-2H3,(H2,16,17,18,19). The van der Waals surface area contributed by atoms with Crippen LogP contribution in [0.3, 0.4) is 0 Å². The molecular formula is C14H18N4O. The minimum Gasteiger partial charge on any atom is -0.305 e. The first-order chi connectivity index (χ1) is 9.20. The Morgan fingerprint density at radius 3 is 3.05 bits per heavy atom. The van der Waals surface area contributed by atoms with Crippen LogP contribution in [0, 0.1) is 0 Å². The van der Waals surface area contributed by atoms with E-state index in [-0.39, 0.29) is 5.91 Å². The largest absolute Gasteiger partial charge is 0.305 e. The first kappa shape index (κ1) is 13.3. The van der Waals surface area contributed by atoms with Gasteiger partial charge in [-0.3, -0.25) is 14.9 Å². The summed E-state index contributed by atoms with van der Waals surface area (Å²) in [7, 11) is 0. The Morgan fingerprint density at radius 2 is 2.37 bits per heavy atom. The quantitative estimate of drug-likeness (QED) is 0.866. The Hall–Kier alpha value is -2.17. The third-order valence-corrected chi connectivity index (χ3v) is 3.02. The van der Waals surface area contributed by atoms with Gasteiger partial charge in [-0.05, 0) is 24.5 Å². The van der Waals surface area contributed by atoms with Crippen molar-refractivity contribution in [3.63, 3.8) is 0 Å². The maximum atomic E-state index is 11.9. The van der Waals surface area contributed by atoms with Gasteiger partial charge in [-0.25, -0.2) is 0 Å². The first-order valence-corrected chi connectivity index (χ1v) is 6.47. The molecule has 0 bridgehead atoms. The lowest BCUT2D eigenvalue weighted by Crippen LogP contribution is -2.12. The maximum Gasteiger partial charge on any atom is 0.258 e. The van der Waals surface area contributed by atoms with E-state index < -0.39 is 0 Å². The predicted molar refractivity (Wildman–Crippen MR) is 74.1 cm³/mol. The van der Waals surface area contributed by atoms with Gasteiger partial charge in [0.25, 0.3) is 5.91 Å². The van der Waals surface area contributed by atoms with Crippen LogP contribution in [0.25, 0.3) is 0 Å². The lowest BCUT2D eigenvalue weighted by molar-refractivity contribution is 0.102. The van der Waals surface area contributed by atoms with E-state index >= 15 is 0 Å². The molecule has 100 valence electrons. The molecular weight excluding hydrogens is 240 g/mol. The molecule has 2 aromatic heterocycles. The number of nitrogens with zero attached hydrogens (tertiary/aromatic N) is 2. The van der Waals surface area contributed by atoms with Crippen molar-refractivity contribution in [2.75, 3.05) is 5.32 Å². The number of carbonyl (C=O) groups excluding carboxylic acids is 1. The van der Waals surface area contributed by atoms with Crippen molar-refractivity contribution >= 4 is 11.7 Å². The van der Waals surface area contributed by atoms with Crippen LogP contribution in [0.15, 0.2) is 30.6 Å². The van der Waals surface area contributed by atoms with Crippen LogP contribution in [0.4, 0.5) is 5.82 Å². The van der Waals surface area contributed by atoms with Gasteiger partial charge in [-0.2, -0.15) is 5.10 Å². The van der Waals surface area contributed by atoms with Gasteiger partial charge < -0.3 is 5.32 Å². The van der Waals surface area contributed by atoms with E-state index in [0.29, 0.717) is 17.3 Å². The number of hydrogen-bond donors (Lipinski definition) is 2. The Kier molecular flexibility index (Phi) is 4.28. The number of anilines is 1. The summed E-state index contributed by atoms with van der Waals surface area (Å²) in [6.07, 6.45) is 5.38. The van der Waals surface area contributed by atoms with Crippen molar-refractivity contribution in [3.05, 3.63) is 41.9 Å². The number of pyridine rings is 1. The number of H-pyrrole nitrogens is 1. The predicted octanol–water partition coefficient (Wildman–Crippen LogP) is 2.96. The summed E-state index contributed by atoms with van der Waals surface area (Å²) in [6.45, 7) is 4.29. The van der Waals surface area contributed by atoms with Gasteiger partial charge in [0.1, 0.15) is 0 Å². The lowest BCUT2D eigenvalue weighted by Gasteiger charge is -2.05. The molecule has 0 aliphatic heterocycles. The summed E-state index contributed by atoms with van der Waals surface area (Å²) in [5.41, 5.74) is 1.57. The molecule has 0 spiro atoms. The Bertz CT molecular complexity index is 535. The van der Waals surface area contributed by atoms with E-state index in [1.54, 1.807) is 18.3 Å². The SMILES string of the molecule is CCCC(C)c1cc(NC(=O)c2cccnc2)n[nH]1. The van der Waals surface area contributed by atoms with Crippen LogP contribution in [0.5, 0.6) is 0 Å². The second-order valence-corrected chi connectivity index (χ2v) is 4.59. The molecule has 0 aromatic carbocycles. The molecule has 0 fully saturated rings. The zero-order chi connectivity index (χ0) is 13.7. The number of aromatic nitrogens is 3. The van der Waals surface area contributed by atoms with Gasteiger partial charge in [-0.15, -0.1) is 0 Å². The number of amides is 1. The molecule has 1 atom stereocenters. The highest BCUT2D eigenvalue weighted by atomic mass is 16.1. The molecule has 2 aromatic rings. The van der Waals surface area contributed by atoms with Crippen LogP contribution in [-0.2, 0) is 0 Å². The maximum absolute atomic E-state index is 11.9.